The Hall–Kier alpha value is -4.32. The Morgan fingerprint density at radius 2 is 1.84 bits per heavy atom. The van der Waals surface area contributed by atoms with Crippen molar-refractivity contribution in [3.8, 4) is 5.75 Å². The van der Waals surface area contributed by atoms with Crippen LogP contribution in [0.1, 0.15) is 11.1 Å². The zero-order chi connectivity index (χ0) is 26.2. The highest BCUT2D eigenvalue weighted by atomic mass is 35.5. The Morgan fingerprint density at radius 1 is 1.11 bits per heavy atom. The number of nitrogens with zero attached hydrogens (tertiary/aromatic N) is 4. The summed E-state index contributed by atoms with van der Waals surface area (Å²) >= 11 is 5.62. The minimum absolute atomic E-state index is 0.0496. The van der Waals surface area contributed by atoms with Crippen LogP contribution in [0.5, 0.6) is 5.75 Å². The molecular formula is C24H19ClF3N7O2. The van der Waals surface area contributed by atoms with Crippen molar-refractivity contribution < 1.29 is 22.7 Å². The van der Waals surface area contributed by atoms with Crippen molar-refractivity contribution in [2.75, 3.05) is 41.0 Å². The van der Waals surface area contributed by atoms with Crippen LogP contribution in [-0.4, -0.2) is 42.0 Å². The van der Waals surface area contributed by atoms with Crippen molar-refractivity contribution in [2.45, 2.75) is 6.18 Å². The molecular weight excluding hydrogens is 511 g/mol. The third kappa shape index (κ3) is 5.14. The monoisotopic (exact) mass is 529 g/mol. The molecule has 0 bridgehead atoms. The first-order valence-electron chi connectivity index (χ1n) is 11.0. The standard InChI is InChI=1S/C24H19ClF3N7O2/c1-29-22-31-12-13-10-19(21-30-8-9-35(21)20(13)34-22)37-16-5-2-14(3-6-16)32-23(36)33-15-4-7-18(25)17(11-15)24(26,27)28/h2-7,10-12H,8-9H2,1H3,(H,29,31,34)(H2,32,33,36). The van der Waals surface area contributed by atoms with Gasteiger partial charge >= 0.3 is 12.2 Å². The number of carbonyl (C=O) groups excluding carboxylic acids is 1. The van der Waals surface area contributed by atoms with E-state index in [2.05, 4.69) is 30.9 Å². The van der Waals surface area contributed by atoms with E-state index >= 15 is 0 Å². The number of benzene rings is 2. The molecule has 9 nitrogen and oxygen atoms in total. The van der Waals surface area contributed by atoms with E-state index in [-0.39, 0.29) is 5.69 Å². The number of aromatic nitrogens is 2. The SMILES string of the molecule is CNc1ncc2c(n1)N1CCN=C1C(Oc1ccc(NC(=O)Nc3ccc(Cl)c(C(F)(F)F)c3)cc1)=C2. The average molecular weight is 530 g/mol. The van der Waals surface area contributed by atoms with Crippen LogP contribution in [0.4, 0.5) is 41.1 Å². The van der Waals surface area contributed by atoms with E-state index in [4.69, 9.17) is 16.3 Å². The molecule has 0 aliphatic carbocycles. The Balaban J connectivity index is 1.26. The highest BCUT2D eigenvalue weighted by molar-refractivity contribution is 6.31. The van der Waals surface area contributed by atoms with Gasteiger partial charge in [-0.15, -0.1) is 0 Å². The summed E-state index contributed by atoms with van der Waals surface area (Å²) in [6.45, 7) is 1.27. The molecule has 13 heteroatoms. The van der Waals surface area contributed by atoms with Crippen LogP contribution >= 0.6 is 11.6 Å². The molecule has 3 aromatic rings. The van der Waals surface area contributed by atoms with Gasteiger partial charge in [-0.05, 0) is 48.5 Å². The number of anilines is 4. The number of aliphatic imine (C=N–C) groups is 1. The number of halogens is 4. The summed E-state index contributed by atoms with van der Waals surface area (Å²) in [6.07, 6.45) is -1.12. The second kappa shape index (κ2) is 9.62. The van der Waals surface area contributed by atoms with Crippen LogP contribution in [-0.2, 0) is 6.18 Å². The van der Waals surface area contributed by atoms with Crippen LogP contribution in [0.15, 0.2) is 59.4 Å². The molecule has 2 aromatic carbocycles. The fourth-order valence-corrected chi connectivity index (χ4v) is 4.04. The molecule has 0 fully saturated rings. The molecule has 0 spiro atoms. The Bertz CT molecular complexity index is 1420. The second-order valence-corrected chi connectivity index (χ2v) is 8.39. The molecule has 3 N–H and O–H groups in total. The van der Waals surface area contributed by atoms with E-state index in [1.807, 2.05) is 11.0 Å². The van der Waals surface area contributed by atoms with Crippen molar-refractivity contribution in [2.24, 2.45) is 4.99 Å². The van der Waals surface area contributed by atoms with Crippen LogP contribution in [0.2, 0.25) is 5.02 Å². The molecule has 0 unspecified atom stereocenters. The Morgan fingerprint density at radius 3 is 2.57 bits per heavy atom. The van der Waals surface area contributed by atoms with Crippen LogP contribution in [0, 0.1) is 0 Å². The summed E-state index contributed by atoms with van der Waals surface area (Å²) < 4.78 is 45.2. The van der Waals surface area contributed by atoms with Crippen molar-refractivity contribution in [3.05, 3.63) is 70.6 Å². The molecule has 2 amide bonds. The van der Waals surface area contributed by atoms with Crippen molar-refractivity contribution in [1.29, 1.82) is 0 Å². The van der Waals surface area contributed by atoms with Crippen molar-refractivity contribution in [1.82, 2.24) is 9.97 Å². The number of hydrogen-bond donors (Lipinski definition) is 3. The molecule has 0 saturated carbocycles. The van der Waals surface area contributed by atoms with Crippen LogP contribution < -0.4 is 25.6 Å². The minimum Gasteiger partial charge on any atom is -0.453 e. The summed E-state index contributed by atoms with van der Waals surface area (Å²) in [5.41, 5.74) is 0.116. The molecule has 0 radical (unpaired) electrons. The lowest BCUT2D eigenvalue weighted by Crippen LogP contribution is -2.34. The lowest BCUT2D eigenvalue weighted by Gasteiger charge is -2.26. The van der Waals surface area contributed by atoms with Gasteiger partial charge in [0.1, 0.15) is 11.6 Å². The first-order valence-corrected chi connectivity index (χ1v) is 11.4. The predicted molar refractivity (Wildman–Crippen MR) is 135 cm³/mol. The van der Waals surface area contributed by atoms with Gasteiger partial charge in [-0.1, -0.05) is 11.6 Å². The summed E-state index contributed by atoms with van der Waals surface area (Å²) in [5, 5.41) is 7.41. The quantitative estimate of drug-likeness (QED) is 0.404. The van der Waals surface area contributed by atoms with Gasteiger partial charge < -0.3 is 25.6 Å². The van der Waals surface area contributed by atoms with Crippen LogP contribution in [0.25, 0.3) is 6.08 Å². The molecule has 2 aliphatic heterocycles. The average Bonchev–Trinajstić information content (AvgIpc) is 3.36. The van der Waals surface area contributed by atoms with Crippen LogP contribution in [0.3, 0.4) is 0 Å². The lowest BCUT2D eigenvalue weighted by molar-refractivity contribution is -0.137. The Kier molecular flexibility index (Phi) is 6.34. The number of nitrogens with one attached hydrogen (secondary N) is 3. The first-order chi connectivity index (χ1) is 17.7. The number of fused-ring (bicyclic) bond motifs is 3. The maximum Gasteiger partial charge on any atom is 0.417 e. The lowest BCUT2D eigenvalue weighted by atomic mass is 10.1. The number of urea groups is 1. The van der Waals surface area contributed by atoms with Gasteiger partial charge in [0, 0.05) is 36.7 Å². The van der Waals surface area contributed by atoms with Gasteiger partial charge in [-0.25, -0.2) is 9.78 Å². The number of rotatable bonds is 5. The largest absolute Gasteiger partial charge is 0.453 e. The fraction of sp³-hybridized carbons (Fsp3) is 0.167. The molecule has 0 atom stereocenters. The molecule has 3 heterocycles. The van der Waals surface area contributed by atoms with E-state index in [1.54, 1.807) is 37.5 Å². The van der Waals surface area contributed by atoms with Crippen molar-refractivity contribution in [3.63, 3.8) is 0 Å². The smallest absolute Gasteiger partial charge is 0.417 e. The van der Waals surface area contributed by atoms with Gasteiger partial charge in [0.2, 0.25) is 5.95 Å². The first kappa shape index (κ1) is 24.4. The number of hydrogen-bond acceptors (Lipinski definition) is 7. The van der Waals surface area contributed by atoms with Gasteiger partial charge in [0.25, 0.3) is 0 Å². The molecule has 37 heavy (non-hydrogen) atoms. The van der Waals surface area contributed by atoms with E-state index in [0.29, 0.717) is 42.1 Å². The highest BCUT2D eigenvalue weighted by Gasteiger charge is 2.34. The summed E-state index contributed by atoms with van der Waals surface area (Å²) in [6, 6.07) is 8.92. The number of ether oxygens (including phenoxy) is 1. The topological polar surface area (TPSA) is 104 Å². The Labute approximate surface area is 214 Å². The van der Waals surface area contributed by atoms with E-state index in [0.717, 1.165) is 23.5 Å². The fourth-order valence-electron chi connectivity index (χ4n) is 3.81. The molecule has 2 aliphatic rings. The van der Waals surface area contributed by atoms with Crippen molar-refractivity contribution >= 4 is 52.7 Å². The molecule has 1 aromatic heterocycles. The van der Waals surface area contributed by atoms with Gasteiger partial charge in [0.05, 0.1) is 17.1 Å². The summed E-state index contributed by atoms with van der Waals surface area (Å²) in [5.74, 6) is 2.95. The van der Waals surface area contributed by atoms with Gasteiger partial charge in [-0.3, -0.25) is 4.99 Å². The third-order valence-electron chi connectivity index (χ3n) is 5.49. The zero-order valence-electron chi connectivity index (χ0n) is 19.2. The normalized spacial score (nSPS) is 14.2. The minimum atomic E-state index is -4.64. The van der Waals surface area contributed by atoms with E-state index in [1.165, 1.54) is 6.07 Å². The maximum atomic E-state index is 13.0. The number of carbonyl (C=O) groups is 1. The van der Waals surface area contributed by atoms with Gasteiger partial charge in [-0.2, -0.15) is 18.2 Å². The predicted octanol–water partition coefficient (Wildman–Crippen LogP) is 5.49. The maximum absolute atomic E-state index is 13.0. The van der Waals surface area contributed by atoms with E-state index in [9.17, 15) is 18.0 Å². The third-order valence-corrected chi connectivity index (χ3v) is 5.82. The number of amidine groups is 1. The molecule has 5 rings (SSSR count). The molecule has 0 saturated heterocycles. The summed E-state index contributed by atoms with van der Waals surface area (Å²) in [7, 11) is 1.75. The zero-order valence-corrected chi connectivity index (χ0v) is 20.0. The van der Waals surface area contributed by atoms with E-state index < -0.39 is 22.8 Å². The highest BCUT2D eigenvalue weighted by Crippen LogP contribution is 2.36. The van der Waals surface area contributed by atoms with Gasteiger partial charge in [0.15, 0.2) is 11.6 Å². The summed E-state index contributed by atoms with van der Waals surface area (Å²) in [4.78, 5) is 27.6. The number of alkyl halides is 3. The number of amides is 2. The molecule has 190 valence electrons. The second-order valence-electron chi connectivity index (χ2n) is 7.99.